The third-order valence-electron chi connectivity index (χ3n) is 5.19. The van der Waals surface area contributed by atoms with Crippen molar-refractivity contribution in [2.24, 2.45) is 11.8 Å². The van der Waals surface area contributed by atoms with Crippen LogP contribution in [0, 0.1) is 25.7 Å². The molecular formula is C19H27ClN2O3. The minimum atomic E-state index is -0.881. The summed E-state index contributed by atoms with van der Waals surface area (Å²) in [4.78, 5) is 28.9. The molecule has 1 amide bonds. The summed E-state index contributed by atoms with van der Waals surface area (Å²) in [5.74, 6) is 0.103. The highest BCUT2D eigenvalue weighted by molar-refractivity contribution is 6.32. The molecule has 0 aliphatic heterocycles. The normalized spacial score (nSPS) is 24.5. The van der Waals surface area contributed by atoms with Crippen molar-refractivity contribution in [2.75, 3.05) is 0 Å². The van der Waals surface area contributed by atoms with Crippen LogP contribution in [0.3, 0.4) is 0 Å². The summed E-state index contributed by atoms with van der Waals surface area (Å²) in [6.07, 6.45) is 2.38. The Bertz CT molecular complexity index is 639. The van der Waals surface area contributed by atoms with Crippen LogP contribution >= 0.6 is 11.6 Å². The van der Waals surface area contributed by atoms with Gasteiger partial charge in [-0.25, -0.2) is 9.78 Å². The van der Waals surface area contributed by atoms with Gasteiger partial charge in [0, 0.05) is 11.7 Å². The van der Waals surface area contributed by atoms with Gasteiger partial charge in [0.2, 0.25) is 0 Å². The van der Waals surface area contributed by atoms with Crippen molar-refractivity contribution < 1.29 is 14.3 Å². The number of halogens is 1. The lowest BCUT2D eigenvalue weighted by atomic mass is 9.78. The zero-order valence-corrected chi connectivity index (χ0v) is 16.3. The average Bonchev–Trinajstić information content (AvgIpc) is 2.50. The maximum atomic E-state index is 12.4. The van der Waals surface area contributed by atoms with E-state index in [-0.39, 0.29) is 22.7 Å². The molecule has 1 heterocycles. The van der Waals surface area contributed by atoms with Gasteiger partial charge in [-0.2, -0.15) is 0 Å². The monoisotopic (exact) mass is 366 g/mol. The number of nitrogens with one attached hydrogen (secondary N) is 1. The van der Waals surface area contributed by atoms with Crippen molar-refractivity contribution in [3.05, 3.63) is 28.0 Å². The number of rotatable bonds is 4. The van der Waals surface area contributed by atoms with Gasteiger partial charge in [0.25, 0.3) is 5.91 Å². The number of ether oxygens (including phenoxy) is 1. The van der Waals surface area contributed by atoms with Crippen LogP contribution in [0.15, 0.2) is 6.07 Å². The van der Waals surface area contributed by atoms with Gasteiger partial charge >= 0.3 is 5.97 Å². The Hall–Kier alpha value is -1.62. The van der Waals surface area contributed by atoms with E-state index in [0.717, 1.165) is 18.5 Å². The maximum Gasteiger partial charge on any atom is 0.342 e. The van der Waals surface area contributed by atoms with E-state index in [1.807, 2.05) is 0 Å². The molecule has 0 bridgehead atoms. The van der Waals surface area contributed by atoms with E-state index in [9.17, 15) is 9.59 Å². The van der Waals surface area contributed by atoms with Gasteiger partial charge in [0.1, 0.15) is 5.15 Å². The van der Waals surface area contributed by atoms with Crippen LogP contribution in [0.25, 0.3) is 0 Å². The first-order valence-electron chi connectivity index (χ1n) is 8.85. The topological polar surface area (TPSA) is 68.3 Å². The van der Waals surface area contributed by atoms with Crippen molar-refractivity contribution in [3.63, 3.8) is 0 Å². The number of carbonyl (C=O) groups is 2. The second-order valence-electron chi connectivity index (χ2n) is 7.18. The molecule has 1 aromatic heterocycles. The van der Waals surface area contributed by atoms with Crippen LogP contribution in [0.1, 0.15) is 61.6 Å². The smallest absolute Gasteiger partial charge is 0.342 e. The van der Waals surface area contributed by atoms with Gasteiger partial charge in [-0.1, -0.05) is 38.3 Å². The Kier molecular flexibility index (Phi) is 6.44. The minimum Gasteiger partial charge on any atom is -0.449 e. The Labute approximate surface area is 154 Å². The zero-order valence-electron chi connectivity index (χ0n) is 15.6. The van der Waals surface area contributed by atoms with Crippen molar-refractivity contribution in [3.8, 4) is 0 Å². The lowest BCUT2D eigenvalue weighted by Gasteiger charge is -2.35. The number of nitrogens with zero attached hydrogens (tertiary/aromatic N) is 1. The molecule has 1 saturated carbocycles. The molecule has 5 nitrogen and oxygen atoms in total. The molecule has 1 aliphatic rings. The van der Waals surface area contributed by atoms with Crippen LogP contribution in [-0.2, 0) is 9.53 Å². The zero-order chi connectivity index (χ0) is 18.7. The molecule has 0 radical (unpaired) electrons. The molecule has 1 aliphatic carbocycles. The highest BCUT2D eigenvalue weighted by atomic mass is 35.5. The highest BCUT2D eigenvalue weighted by Gasteiger charge is 2.30. The summed E-state index contributed by atoms with van der Waals surface area (Å²) in [5.41, 5.74) is 1.63. The minimum absolute atomic E-state index is 0.102. The van der Waals surface area contributed by atoms with Gasteiger partial charge in [0.15, 0.2) is 6.10 Å². The molecule has 4 atom stereocenters. The van der Waals surface area contributed by atoms with E-state index in [1.54, 1.807) is 26.8 Å². The third kappa shape index (κ3) is 4.72. The number of hydrogen-bond acceptors (Lipinski definition) is 4. The maximum absolute atomic E-state index is 12.4. The lowest BCUT2D eigenvalue weighted by Crippen LogP contribution is -2.47. The summed E-state index contributed by atoms with van der Waals surface area (Å²) in [6, 6.07) is 1.89. The first-order valence-corrected chi connectivity index (χ1v) is 9.23. The fourth-order valence-corrected chi connectivity index (χ4v) is 3.75. The Morgan fingerprint density at radius 3 is 2.64 bits per heavy atom. The summed E-state index contributed by atoms with van der Waals surface area (Å²) in [5, 5.41) is 3.13. The summed E-state index contributed by atoms with van der Waals surface area (Å²) in [6.45, 7) is 9.52. The van der Waals surface area contributed by atoms with Crippen LogP contribution in [-0.4, -0.2) is 29.0 Å². The second kappa shape index (κ2) is 8.17. The van der Waals surface area contributed by atoms with E-state index in [0.29, 0.717) is 17.4 Å². The number of aryl methyl sites for hydroxylation is 2. The number of pyridine rings is 1. The molecule has 6 heteroatoms. The molecule has 0 saturated heterocycles. The number of hydrogen-bond donors (Lipinski definition) is 1. The number of carbonyl (C=O) groups excluding carboxylic acids is 2. The molecule has 0 spiro atoms. The van der Waals surface area contributed by atoms with Crippen LogP contribution < -0.4 is 5.32 Å². The predicted octanol–water partition coefficient (Wildman–Crippen LogP) is 3.84. The summed E-state index contributed by atoms with van der Waals surface area (Å²) >= 11 is 6.07. The predicted molar refractivity (Wildman–Crippen MR) is 97.7 cm³/mol. The highest BCUT2D eigenvalue weighted by Crippen LogP contribution is 2.29. The number of aromatic nitrogens is 1. The molecule has 1 aromatic rings. The SMILES string of the molecule is Cc1cc(C)c(C(=O)O[C@H](C)C(=O)N[C@@H]2CCC[C@H](C)[C@H]2C)c(Cl)n1. The van der Waals surface area contributed by atoms with E-state index in [4.69, 9.17) is 16.3 Å². The molecule has 138 valence electrons. The first kappa shape index (κ1) is 19.7. The van der Waals surface area contributed by atoms with Crippen molar-refractivity contribution >= 4 is 23.5 Å². The first-order chi connectivity index (χ1) is 11.7. The molecular weight excluding hydrogens is 340 g/mol. The molecule has 2 rings (SSSR count). The summed E-state index contributed by atoms with van der Waals surface area (Å²) in [7, 11) is 0. The van der Waals surface area contributed by atoms with Crippen molar-refractivity contribution in [1.82, 2.24) is 10.3 Å². The molecule has 1 N–H and O–H groups in total. The quantitative estimate of drug-likeness (QED) is 0.649. The van der Waals surface area contributed by atoms with Crippen molar-refractivity contribution in [1.29, 1.82) is 0 Å². The van der Waals surface area contributed by atoms with Crippen molar-refractivity contribution in [2.45, 2.75) is 66.0 Å². The van der Waals surface area contributed by atoms with E-state index >= 15 is 0 Å². The van der Waals surface area contributed by atoms with E-state index < -0.39 is 12.1 Å². The fourth-order valence-electron chi connectivity index (χ4n) is 3.40. The standard InChI is InChI=1S/C19H27ClN2O3/c1-10-7-6-8-15(13(10)4)22-18(23)14(5)25-19(24)16-11(2)9-12(3)21-17(16)20/h9-10,13-15H,6-8H2,1-5H3,(H,22,23)/t10-,13+,14+,15+/m0/s1. The fraction of sp³-hybridized carbons (Fsp3) is 0.632. The summed E-state index contributed by atoms with van der Waals surface area (Å²) < 4.78 is 5.33. The van der Waals surface area contributed by atoms with Gasteiger partial charge in [-0.15, -0.1) is 0 Å². The largest absolute Gasteiger partial charge is 0.449 e. The Balaban J connectivity index is 2.00. The lowest BCUT2D eigenvalue weighted by molar-refractivity contribution is -0.130. The molecule has 0 unspecified atom stereocenters. The van der Waals surface area contributed by atoms with Gasteiger partial charge in [0.05, 0.1) is 5.56 Å². The van der Waals surface area contributed by atoms with Gasteiger partial charge in [-0.3, -0.25) is 4.79 Å². The Morgan fingerprint density at radius 1 is 1.32 bits per heavy atom. The number of esters is 1. The molecule has 1 fully saturated rings. The van der Waals surface area contributed by atoms with Crippen LogP contribution in [0.5, 0.6) is 0 Å². The van der Waals surface area contributed by atoms with E-state index in [1.165, 1.54) is 6.42 Å². The van der Waals surface area contributed by atoms with E-state index in [2.05, 4.69) is 24.1 Å². The number of amides is 1. The van der Waals surface area contributed by atoms with Crippen LogP contribution in [0.4, 0.5) is 0 Å². The van der Waals surface area contributed by atoms with Gasteiger partial charge in [-0.05, 0) is 50.7 Å². The molecule has 0 aromatic carbocycles. The van der Waals surface area contributed by atoms with Crippen LogP contribution in [0.2, 0.25) is 5.15 Å². The third-order valence-corrected chi connectivity index (χ3v) is 5.47. The Morgan fingerprint density at radius 2 is 2.00 bits per heavy atom. The average molecular weight is 367 g/mol. The molecule has 25 heavy (non-hydrogen) atoms. The van der Waals surface area contributed by atoms with Gasteiger partial charge < -0.3 is 10.1 Å². The second-order valence-corrected chi connectivity index (χ2v) is 7.53.